The monoisotopic (exact) mass is 227 g/mol. The molecule has 0 bridgehead atoms. The summed E-state index contributed by atoms with van der Waals surface area (Å²) in [6.45, 7) is 0.417. The van der Waals surface area contributed by atoms with E-state index in [0.717, 1.165) is 0 Å². The molecule has 88 valence electrons. The molecule has 0 aromatic carbocycles. The van der Waals surface area contributed by atoms with Crippen LogP contribution in [0.25, 0.3) is 0 Å². The second-order valence-corrected chi connectivity index (χ2v) is 3.29. The first-order chi connectivity index (χ1) is 7.50. The molecule has 1 aromatic heterocycles. The number of nitrogens with zero attached hydrogens (tertiary/aromatic N) is 3. The number of rotatable bonds is 6. The van der Waals surface area contributed by atoms with E-state index in [-0.39, 0.29) is 17.9 Å². The van der Waals surface area contributed by atoms with E-state index < -0.39 is 10.8 Å². The summed E-state index contributed by atoms with van der Waals surface area (Å²) in [6, 6.07) is 0. The highest BCUT2D eigenvalue weighted by atomic mass is 16.6. The molecule has 0 saturated carbocycles. The number of anilines is 1. The first-order valence-corrected chi connectivity index (χ1v) is 4.71. The van der Waals surface area contributed by atoms with Crippen LogP contribution in [0.1, 0.15) is 12.8 Å². The number of aryl methyl sites for hydroxylation is 1. The van der Waals surface area contributed by atoms with Crippen molar-refractivity contribution in [2.45, 2.75) is 12.8 Å². The van der Waals surface area contributed by atoms with Gasteiger partial charge in [-0.15, -0.1) is 5.10 Å². The third-order valence-electron chi connectivity index (χ3n) is 1.90. The first-order valence-electron chi connectivity index (χ1n) is 4.71. The van der Waals surface area contributed by atoms with Crippen LogP contribution in [0.5, 0.6) is 0 Å². The zero-order valence-corrected chi connectivity index (χ0v) is 8.84. The fraction of sp³-hybridized carbons (Fsp3) is 0.500. The molecule has 1 aromatic rings. The lowest BCUT2D eigenvalue weighted by Gasteiger charge is -2.00. The van der Waals surface area contributed by atoms with Crippen molar-refractivity contribution in [2.24, 2.45) is 12.8 Å². The number of amides is 1. The van der Waals surface area contributed by atoms with E-state index in [1.54, 1.807) is 7.05 Å². The van der Waals surface area contributed by atoms with Gasteiger partial charge in [-0.1, -0.05) is 0 Å². The summed E-state index contributed by atoms with van der Waals surface area (Å²) in [7, 11) is 1.60. The molecule has 0 saturated heterocycles. The molecule has 0 aliphatic heterocycles. The Morgan fingerprint density at radius 1 is 1.75 bits per heavy atom. The van der Waals surface area contributed by atoms with E-state index in [1.807, 2.05) is 0 Å². The maximum Gasteiger partial charge on any atom is 0.330 e. The van der Waals surface area contributed by atoms with Crippen molar-refractivity contribution in [2.75, 3.05) is 11.9 Å². The van der Waals surface area contributed by atoms with Gasteiger partial charge >= 0.3 is 5.69 Å². The van der Waals surface area contributed by atoms with Crippen LogP contribution >= 0.6 is 0 Å². The van der Waals surface area contributed by atoms with Crippen molar-refractivity contribution >= 4 is 17.4 Å². The second kappa shape index (κ2) is 5.10. The van der Waals surface area contributed by atoms with Gasteiger partial charge in [0.1, 0.15) is 6.20 Å². The Morgan fingerprint density at radius 2 is 2.44 bits per heavy atom. The third kappa shape index (κ3) is 3.23. The fourth-order valence-electron chi connectivity index (χ4n) is 1.20. The average Bonchev–Trinajstić information content (AvgIpc) is 2.54. The lowest BCUT2D eigenvalue weighted by molar-refractivity contribution is -0.384. The van der Waals surface area contributed by atoms with Gasteiger partial charge in [0.15, 0.2) is 0 Å². The molecule has 0 fully saturated rings. The van der Waals surface area contributed by atoms with Crippen LogP contribution in [-0.4, -0.2) is 27.2 Å². The highest BCUT2D eigenvalue weighted by Crippen LogP contribution is 2.21. The Bertz CT molecular complexity index is 400. The number of aromatic nitrogens is 2. The number of primary amides is 1. The standard InChI is InChI=1S/C8H13N5O3/c1-12-5-6(13(15)16)8(11-12)10-4-2-3-7(9)14/h5H,2-4H2,1H3,(H2,9,14)(H,10,11). The molecule has 0 aliphatic rings. The van der Waals surface area contributed by atoms with Crippen molar-refractivity contribution in [3.63, 3.8) is 0 Å². The van der Waals surface area contributed by atoms with Crippen molar-refractivity contribution in [1.29, 1.82) is 0 Å². The number of hydrogen-bond donors (Lipinski definition) is 2. The Kier molecular flexibility index (Phi) is 3.81. The van der Waals surface area contributed by atoms with E-state index in [2.05, 4.69) is 10.4 Å². The molecule has 8 nitrogen and oxygen atoms in total. The van der Waals surface area contributed by atoms with Gasteiger partial charge < -0.3 is 11.1 Å². The van der Waals surface area contributed by atoms with Crippen molar-refractivity contribution in [3.8, 4) is 0 Å². The molecule has 1 rings (SSSR count). The topological polar surface area (TPSA) is 116 Å². The summed E-state index contributed by atoms with van der Waals surface area (Å²) in [5, 5.41) is 17.3. The molecule has 0 unspecified atom stereocenters. The molecule has 0 aliphatic carbocycles. The van der Waals surface area contributed by atoms with Gasteiger partial charge in [-0.2, -0.15) is 0 Å². The predicted molar refractivity (Wildman–Crippen MR) is 56.8 cm³/mol. The highest BCUT2D eigenvalue weighted by molar-refractivity contribution is 5.73. The lowest BCUT2D eigenvalue weighted by atomic mass is 10.3. The van der Waals surface area contributed by atoms with Gasteiger partial charge in [0, 0.05) is 20.0 Å². The smallest absolute Gasteiger partial charge is 0.330 e. The number of nitrogens with one attached hydrogen (secondary N) is 1. The maximum absolute atomic E-state index is 10.6. The number of hydrogen-bond acceptors (Lipinski definition) is 5. The summed E-state index contributed by atoms with van der Waals surface area (Å²) in [5.41, 5.74) is 4.88. The van der Waals surface area contributed by atoms with Crippen molar-refractivity contribution < 1.29 is 9.72 Å². The number of carbonyl (C=O) groups excluding carboxylic acids is 1. The van der Waals surface area contributed by atoms with E-state index >= 15 is 0 Å². The lowest BCUT2D eigenvalue weighted by Crippen LogP contribution is -2.13. The van der Waals surface area contributed by atoms with E-state index in [4.69, 9.17) is 5.73 Å². The number of carbonyl (C=O) groups is 1. The van der Waals surface area contributed by atoms with Crippen LogP contribution in [0.2, 0.25) is 0 Å². The van der Waals surface area contributed by atoms with Crippen LogP contribution < -0.4 is 11.1 Å². The normalized spacial score (nSPS) is 10.1. The molecule has 0 spiro atoms. The van der Waals surface area contributed by atoms with E-state index in [1.165, 1.54) is 10.9 Å². The van der Waals surface area contributed by atoms with Crippen LogP contribution in [0.3, 0.4) is 0 Å². The van der Waals surface area contributed by atoms with Crippen LogP contribution in [0, 0.1) is 10.1 Å². The van der Waals surface area contributed by atoms with Crippen LogP contribution in [0.15, 0.2) is 6.20 Å². The molecule has 0 atom stereocenters. The van der Waals surface area contributed by atoms with E-state index in [0.29, 0.717) is 13.0 Å². The first kappa shape index (κ1) is 12.0. The van der Waals surface area contributed by atoms with Gasteiger partial charge in [0.2, 0.25) is 11.7 Å². The Morgan fingerprint density at radius 3 is 3.00 bits per heavy atom. The van der Waals surface area contributed by atoms with Crippen molar-refractivity contribution in [1.82, 2.24) is 9.78 Å². The van der Waals surface area contributed by atoms with Crippen LogP contribution in [0.4, 0.5) is 11.5 Å². The van der Waals surface area contributed by atoms with Gasteiger partial charge in [-0.3, -0.25) is 19.6 Å². The SMILES string of the molecule is Cn1cc([N+](=O)[O-])c(NCCCC(N)=O)n1. The fourth-order valence-corrected chi connectivity index (χ4v) is 1.20. The van der Waals surface area contributed by atoms with Gasteiger partial charge in [0.25, 0.3) is 0 Å². The number of nitro groups is 1. The molecular formula is C8H13N5O3. The third-order valence-corrected chi connectivity index (χ3v) is 1.90. The summed E-state index contributed by atoms with van der Waals surface area (Å²) < 4.78 is 1.36. The zero-order valence-electron chi connectivity index (χ0n) is 8.84. The quantitative estimate of drug-likeness (QED) is 0.403. The Balaban J connectivity index is 2.53. The number of nitrogens with two attached hydrogens (primary N) is 1. The largest absolute Gasteiger partial charge is 0.370 e. The minimum absolute atomic E-state index is 0.0819. The summed E-state index contributed by atoms with van der Waals surface area (Å²) in [5.74, 6) is -0.186. The highest BCUT2D eigenvalue weighted by Gasteiger charge is 2.17. The summed E-state index contributed by atoms with van der Waals surface area (Å²) in [6.07, 6.45) is 2.08. The molecule has 3 N–H and O–H groups in total. The van der Waals surface area contributed by atoms with E-state index in [9.17, 15) is 14.9 Å². The molecule has 8 heteroatoms. The minimum Gasteiger partial charge on any atom is -0.370 e. The molecule has 16 heavy (non-hydrogen) atoms. The minimum atomic E-state index is -0.510. The molecule has 1 heterocycles. The Hall–Kier alpha value is -2.12. The van der Waals surface area contributed by atoms with Gasteiger partial charge in [0.05, 0.1) is 4.92 Å². The summed E-state index contributed by atoms with van der Waals surface area (Å²) >= 11 is 0. The van der Waals surface area contributed by atoms with Gasteiger partial charge in [-0.25, -0.2) is 0 Å². The summed E-state index contributed by atoms with van der Waals surface area (Å²) in [4.78, 5) is 20.6. The van der Waals surface area contributed by atoms with Crippen molar-refractivity contribution in [3.05, 3.63) is 16.3 Å². The van der Waals surface area contributed by atoms with Gasteiger partial charge in [-0.05, 0) is 6.42 Å². The maximum atomic E-state index is 10.6. The molecule has 1 amide bonds. The zero-order chi connectivity index (χ0) is 12.1. The second-order valence-electron chi connectivity index (χ2n) is 3.29. The molecular weight excluding hydrogens is 214 g/mol. The Labute approximate surface area is 91.6 Å². The predicted octanol–water partition coefficient (Wildman–Crippen LogP) is 0.00570. The average molecular weight is 227 g/mol. The molecule has 0 radical (unpaired) electrons. The van der Waals surface area contributed by atoms with Crippen LogP contribution in [-0.2, 0) is 11.8 Å².